The van der Waals surface area contributed by atoms with Crippen molar-refractivity contribution in [2.75, 3.05) is 0 Å². The van der Waals surface area contributed by atoms with Crippen LogP contribution in [0.2, 0.25) is 0 Å². The Morgan fingerprint density at radius 1 is 0.327 bits per heavy atom. The molecule has 0 fully saturated rings. The first-order valence-corrected chi connectivity index (χ1v) is 18.0. The Bertz CT molecular complexity index is 2960. The lowest BCUT2D eigenvalue weighted by Gasteiger charge is -2.34. The van der Waals surface area contributed by atoms with Gasteiger partial charge in [-0.1, -0.05) is 158 Å². The molecule has 0 aliphatic heterocycles. The fourth-order valence-corrected chi connectivity index (χ4v) is 8.97. The molecule has 242 valence electrons. The predicted molar refractivity (Wildman–Crippen MR) is 217 cm³/mol. The molecule has 0 radical (unpaired) electrons. The lowest BCUT2D eigenvalue weighted by molar-refractivity contribution is 0.669. The van der Waals surface area contributed by atoms with Crippen molar-refractivity contribution >= 4 is 43.5 Å². The second kappa shape index (κ2) is 11.2. The number of hydrogen-bond acceptors (Lipinski definition) is 1. The van der Waals surface area contributed by atoms with E-state index < -0.39 is 5.41 Å². The fraction of sp³-hybridized carbons (Fsp3) is 0.0196. The average molecular weight is 661 g/mol. The third kappa shape index (κ3) is 4.17. The Labute approximate surface area is 302 Å². The molecule has 10 aromatic rings. The first-order valence-electron chi connectivity index (χ1n) is 18.0. The third-order valence-corrected chi connectivity index (χ3v) is 11.3. The fourth-order valence-electron chi connectivity index (χ4n) is 8.97. The van der Waals surface area contributed by atoms with Crippen molar-refractivity contribution in [3.63, 3.8) is 0 Å². The van der Waals surface area contributed by atoms with E-state index >= 15 is 0 Å². The van der Waals surface area contributed by atoms with Gasteiger partial charge in [0, 0.05) is 10.8 Å². The SMILES string of the molecule is c1ccc(C2(c3ccccc3)c3ccccc3-c3ccc4cc(-c5ccc6cc(-c7ccc8c(c7)oc7ccccc78)ccc6c5)ccc4c32)cc1. The van der Waals surface area contributed by atoms with E-state index in [0.29, 0.717) is 0 Å². The van der Waals surface area contributed by atoms with Gasteiger partial charge in [-0.2, -0.15) is 0 Å². The van der Waals surface area contributed by atoms with Gasteiger partial charge in [-0.05, 0) is 114 Å². The van der Waals surface area contributed by atoms with Crippen LogP contribution in [0.4, 0.5) is 0 Å². The standard InChI is InChI=1S/C51H32O/c1-3-11-40(12-4-1)51(41-13-5-2-6-14-41)47-17-9-7-15-43(47)46-28-25-39-31-37(23-26-42(39)50(46)51)35-20-19-34-30-36(22-21-33(34)29-35)38-24-27-45-44-16-8-10-18-48(44)52-49(45)32-38/h1-32H. The number of hydrogen-bond donors (Lipinski definition) is 0. The summed E-state index contributed by atoms with van der Waals surface area (Å²) in [5, 5.41) is 7.29. The molecule has 0 amide bonds. The van der Waals surface area contributed by atoms with Crippen molar-refractivity contribution < 1.29 is 4.42 Å². The highest BCUT2D eigenvalue weighted by molar-refractivity contribution is 6.06. The summed E-state index contributed by atoms with van der Waals surface area (Å²) in [7, 11) is 0. The number of rotatable bonds is 4. The summed E-state index contributed by atoms with van der Waals surface area (Å²) in [6, 6.07) is 71.2. The Hall–Kier alpha value is -6.70. The molecule has 52 heavy (non-hydrogen) atoms. The average Bonchev–Trinajstić information content (AvgIpc) is 3.74. The van der Waals surface area contributed by atoms with Crippen molar-refractivity contribution in [2.45, 2.75) is 5.41 Å². The van der Waals surface area contributed by atoms with Gasteiger partial charge < -0.3 is 4.42 Å². The molecule has 0 unspecified atom stereocenters. The molecule has 0 N–H and O–H groups in total. The molecular formula is C51H32O. The summed E-state index contributed by atoms with van der Waals surface area (Å²) in [5.41, 5.74) is 14.1. The number of furan rings is 1. The minimum Gasteiger partial charge on any atom is -0.456 e. The zero-order chi connectivity index (χ0) is 34.2. The molecule has 0 saturated heterocycles. The van der Waals surface area contributed by atoms with Crippen molar-refractivity contribution in [1.82, 2.24) is 0 Å². The Kier molecular flexibility index (Phi) is 6.23. The number of benzene rings is 9. The van der Waals surface area contributed by atoms with Crippen LogP contribution >= 0.6 is 0 Å². The minimum absolute atomic E-state index is 0.426. The topological polar surface area (TPSA) is 13.1 Å². The predicted octanol–water partition coefficient (Wildman–Crippen LogP) is 13.6. The molecule has 9 aromatic carbocycles. The second-order valence-corrected chi connectivity index (χ2v) is 14.0. The Morgan fingerprint density at radius 3 is 1.56 bits per heavy atom. The zero-order valence-corrected chi connectivity index (χ0v) is 28.4. The summed E-state index contributed by atoms with van der Waals surface area (Å²) in [5.74, 6) is 0. The van der Waals surface area contributed by atoms with E-state index in [1.54, 1.807) is 0 Å². The zero-order valence-electron chi connectivity index (χ0n) is 28.4. The van der Waals surface area contributed by atoms with Crippen LogP contribution in [0.25, 0.3) is 76.9 Å². The lowest BCUT2D eigenvalue weighted by atomic mass is 9.66. The minimum atomic E-state index is -0.426. The van der Waals surface area contributed by atoms with E-state index in [1.165, 1.54) is 71.6 Å². The van der Waals surface area contributed by atoms with E-state index in [2.05, 4.69) is 182 Å². The van der Waals surface area contributed by atoms with Gasteiger partial charge in [0.1, 0.15) is 11.2 Å². The molecule has 1 heterocycles. The lowest BCUT2D eigenvalue weighted by Crippen LogP contribution is -2.28. The van der Waals surface area contributed by atoms with Crippen LogP contribution in [0.5, 0.6) is 0 Å². The van der Waals surface area contributed by atoms with Gasteiger partial charge in [-0.15, -0.1) is 0 Å². The summed E-state index contributed by atoms with van der Waals surface area (Å²) in [6.45, 7) is 0. The maximum atomic E-state index is 6.19. The Balaban J connectivity index is 1.03. The summed E-state index contributed by atoms with van der Waals surface area (Å²) in [4.78, 5) is 0. The van der Waals surface area contributed by atoms with Gasteiger partial charge in [0.25, 0.3) is 0 Å². The van der Waals surface area contributed by atoms with Crippen molar-refractivity contribution in [3.05, 3.63) is 216 Å². The molecule has 1 aliphatic rings. The maximum absolute atomic E-state index is 6.19. The Morgan fingerprint density at radius 2 is 0.846 bits per heavy atom. The molecule has 0 spiro atoms. The third-order valence-electron chi connectivity index (χ3n) is 11.3. The molecule has 0 atom stereocenters. The maximum Gasteiger partial charge on any atom is 0.136 e. The summed E-state index contributed by atoms with van der Waals surface area (Å²) < 4.78 is 6.19. The van der Waals surface area contributed by atoms with Crippen LogP contribution in [0, 0.1) is 0 Å². The highest BCUT2D eigenvalue weighted by Crippen LogP contribution is 2.58. The van der Waals surface area contributed by atoms with Gasteiger partial charge >= 0.3 is 0 Å². The summed E-state index contributed by atoms with van der Waals surface area (Å²) >= 11 is 0. The van der Waals surface area contributed by atoms with Crippen LogP contribution in [0.15, 0.2) is 199 Å². The van der Waals surface area contributed by atoms with Crippen LogP contribution in [-0.2, 0) is 5.41 Å². The first kappa shape index (κ1) is 29.1. The molecule has 1 heteroatoms. The van der Waals surface area contributed by atoms with Crippen molar-refractivity contribution in [1.29, 1.82) is 0 Å². The van der Waals surface area contributed by atoms with E-state index in [0.717, 1.165) is 27.5 Å². The van der Waals surface area contributed by atoms with Crippen molar-refractivity contribution in [3.8, 4) is 33.4 Å². The normalized spacial score (nSPS) is 13.2. The van der Waals surface area contributed by atoms with Gasteiger partial charge in [0.15, 0.2) is 0 Å². The van der Waals surface area contributed by atoms with Crippen LogP contribution in [0.1, 0.15) is 22.3 Å². The molecule has 1 aliphatic carbocycles. The van der Waals surface area contributed by atoms with Crippen LogP contribution in [0.3, 0.4) is 0 Å². The second-order valence-electron chi connectivity index (χ2n) is 14.0. The highest BCUT2D eigenvalue weighted by Gasteiger charge is 2.46. The molecule has 1 nitrogen and oxygen atoms in total. The molecule has 0 saturated carbocycles. The van der Waals surface area contributed by atoms with Crippen LogP contribution in [-0.4, -0.2) is 0 Å². The van der Waals surface area contributed by atoms with Crippen LogP contribution < -0.4 is 0 Å². The van der Waals surface area contributed by atoms with Crippen molar-refractivity contribution in [2.24, 2.45) is 0 Å². The van der Waals surface area contributed by atoms with Gasteiger partial charge in [-0.3, -0.25) is 0 Å². The quantitative estimate of drug-likeness (QED) is 0.183. The molecule has 1 aromatic heterocycles. The highest BCUT2D eigenvalue weighted by atomic mass is 16.3. The number of para-hydroxylation sites is 1. The monoisotopic (exact) mass is 660 g/mol. The largest absolute Gasteiger partial charge is 0.456 e. The van der Waals surface area contributed by atoms with E-state index in [1.807, 2.05) is 12.1 Å². The molecule has 0 bridgehead atoms. The van der Waals surface area contributed by atoms with Gasteiger partial charge in [-0.25, -0.2) is 0 Å². The van der Waals surface area contributed by atoms with E-state index in [4.69, 9.17) is 4.42 Å². The summed E-state index contributed by atoms with van der Waals surface area (Å²) in [6.07, 6.45) is 0. The molecular weight excluding hydrogens is 629 g/mol. The van der Waals surface area contributed by atoms with E-state index in [9.17, 15) is 0 Å². The first-order chi connectivity index (χ1) is 25.8. The van der Waals surface area contributed by atoms with E-state index in [-0.39, 0.29) is 0 Å². The molecule has 11 rings (SSSR count). The van der Waals surface area contributed by atoms with Gasteiger partial charge in [0.2, 0.25) is 0 Å². The smallest absolute Gasteiger partial charge is 0.136 e. The van der Waals surface area contributed by atoms with Gasteiger partial charge in [0.05, 0.1) is 5.41 Å². The number of fused-ring (bicyclic) bond motifs is 9.